The first kappa shape index (κ1) is 16.6. The maximum absolute atomic E-state index is 13.9. The van der Waals surface area contributed by atoms with E-state index in [1.807, 2.05) is 0 Å². The Morgan fingerprint density at radius 2 is 1.84 bits per heavy atom. The average Bonchev–Trinajstić information content (AvgIpc) is 2.61. The molecule has 0 spiro atoms. The summed E-state index contributed by atoms with van der Waals surface area (Å²) in [5.74, 6) is 0.234. The predicted octanol–water partition coefficient (Wildman–Crippen LogP) is 3.41. The predicted molar refractivity (Wildman–Crippen MR) is 92.3 cm³/mol. The molecular weight excluding hydrogens is 325 g/mol. The topological polar surface area (TPSA) is 73.3 Å². The molecule has 1 N–H and O–H groups in total. The minimum absolute atomic E-state index is 0.107. The molecule has 1 heterocycles. The zero-order chi connectivity index (χ0) is 18.0. The van der Waals surface area contributed by atoms with Gasteiger partial charge in [0.1, 0.15) is 5.82 Å². The molecular formula is C18H16FN3O3. The van der Waals surface area contributed by atoms with Crippen LogP contribution in [0, 0.1) is 5.82 Å². The highest BCUT2D eigenvalue weighted by atomic mass is 19.1. The molecule has 0 radical (unpaired) electrons. The standard InChI is InChI=1S/C18H16FN3O3/c1-10(23)21-16-6-11(4-5-14(16)19)13-9-20-22-15-8-18(25-3)17(24-2)7-12(13)15/h4-9H,1-3H3,(H,21,23). The molecule has 6 nitrogen and oxygen atoms in total. The van der Waals surface area contributed by atoms with E-state index in [0.29, 0.717) is 22.6 Å². The van der Waals surface area contributed by atoms with Crippen LogP contribution in [0.2, 0.25) is 0 Å². The summed E-state index contributed by atoms with van der Waals surface area (Å²) in [5, 5.41) is 11.4. The van der Waals surface area contributed by atoms with Crippen molar-refractivity contribution in [1.82, 2.24) is 10.2 Å². The fraction of sp³-hybridized carbons (Fsp3) is 0.167. The molecule has 0 aliphatic heterocycles. The number of carbonyl (C=O) groups is 1. The summed E-state index contributed by atoms with van der Waals surface area (Å²) in [6, 6.07) is 7.99. The quantitative estimate of drug-likeness (QED) is 0.787. The number of carbonyl (C=O) groups excluding carboxylic acids is 1. The Morgan fingerprint density at radius 1 is 1.12 bits per heavy atom. The number of nitrogens with zero attached hydrogens (tertiary/aromatic N) is 2. The molecule has 0 bridgehead atoms. The van der Waals surface area contributed by atoms with Gasteiger partial charge in [0.15, 0.2) is 11.5 Å². The minimum atomic E-state index is -0.510. The number of methoxy groups -OCH3 is 2. The summed E-state index contributed by atoms with van der Waals surface area (Å²) in [6.07, 6.45) is 1.58. The van der Waals surface area contributed by atoms with Crippen LogP contribution >= 0.6 is 0 Å². The van der Waals surface area contributed by atoms with Gasteiger partial charge < -0.3 is 14.8 Å². The first-order valence-corrected chi connectivity index (χ1v) is 7.48. The van der Waals surface area contributed by atoms with Gasteiger partial charge >= 0.3 is 0 Å². The Labute approximate surface area is 143 Å². The highest BCUT2D eigenvalue weighted by Crippen LogP contribution is 2.36. The second-order valence-corrected chi connectivity index (χ2v) is 5.36. The van der Waals surface area contributed by atoms with Crippen molar-refractivity contribution in [2.45, 2.75) is 6.92 Å². The Hall–Kier alpha value is -3.22. The van der Waals surface area contributed by atoms with Crippen molar-refractivity contribution in [2.24, 2.45) is 0 Å². The van der Waals surface area contributed by atoms with Crippen molar-refractivity contribution >= 4 is 22.5 Å². The van der Waals surface area contributed by atoms with Crippen molar-refractivity contribution in [1.29, 1.82) is 0 Å². The van der Waals surface area contributed by atoms with Gasteiger partial charge in [-0.1, -0.05) is 6.07 Å². The maximum Gasteiger partial charge on any atom is 0.221 e. The molecule has 25 heavy (non-hydrogen) atoms. The van der Waals surface area contributed by atoms with Gasteiger partial charge in [-0.15, -0.1) is 0 Å². The maximum atomic E-state index is 13.9. The first-order valence-electron chi connectivity index (χ1n) is 7.48. The normalized spacial score (nSPS) is 10.6. The van der Waals surface area contributed by atoms with Crippen LogP contribution in [-0.2, 0) is 4.79 Å². The third kappa shape index (κ3) is 3.21. The van der Waals surface area contributed by atoms with Gasteiger partial charge in [-0.25, -0.2) is 4.39 Å². The highest BCUT2D eigenvalue weighted by molar-refractivity contribution is 5.97. The van der Waals surface area contributed by atoms with Crippen molar-refractivity contribution < 1.29 is 18.7 Å². The van der Waals surface area contributed by atoms with Crippen molar-refractivity contribution in [3.63, 3.8) is 0 Å². The van der Waals surface area contributed by atoms with Gasteiger partial charge in [0.25, 0.3) is 0 Å². The molecule has 3 rings (SSSR count). The van der Waals surface area contributed by atoms with Gasteiger partial charge in [-0.2, -0.15) is 10.2 Å². The van der Waals surface area contributed by atoms with Crippen LogP contribution in [-0.4, -0.2) is 30.3 Å². The van der Waals surface area contributed by atoms with Gasteiger partial charge in [0.2, 0.25) is 5.91 Å². The van der Waals surface area contributed by atoms with Crippen molar-refractivity contribution in [3.8, 4) is 22.6 Å². The van der Waals surface area contributed by atoms with Crippen molar-refractivity contribution in [3.05, 3.63) is 42.3 Å². The Balaban J connectivity index is 2.20. The highest BCUT2D eigenvalue weighted by Gasteiger charge is 2.13. The number of hydrogen-bond donors (Lipinski definition) is 1. The number of hydrogen-bond acceptors (Lipinski definition) is 5. The second-order valence-electron chi connectivity index (χ2n) is 5.36. The van der Waals surface area contributed by atoms with E-state index in [9.17, 15) is 9.18 Å². The van der Waals surface area contributed by atoms with Crippen LogP contribution in [0.1, 0.15) is 6.92 Å². The lowest BCUT2D eigenvalue weighted by Crippen LogP contribution is -2.07. The Bertz CT molecular complexity index is 960. The monoisotopic (exact) mass is 341 g/mol. The zero-order valence-corrected chi connectivity index (χ0v) is 14.0. The lowest BCUT2D eigenvalue weighted by atomic mass is 10.0. The molecule has 3 aromatic rings. The van der Waals surface area contributed by atoms with Crippen LogP contribution < -0.4 is 14.8 Å². The molecule has 128 valence electrons. The molecule has 2 aromatic carbocycles. The summed E-state index contributed by atoms with van der Waals surface area (Å²) in [4.78, 5) is 11.2. The minimum Gasteiger partial charge on any atom is -0.493 e. The van der Waals surface area contributed by atoms with E-state index >= 15 is 0 Å². The van der Waals surface area contributed by atoms with E-state index in [2.05, 4.69) is 15.5 Å². The van der Waals surface area contributed by atoms with E-state index < -0.39 is 5.82 Å². The number of rotatable bonds is 4. The lowest BCUT2D eigenvalue weighted by molar-refractivity contribution is -0.114. The number of ether oxygens (including phenoxy) is 2. The number of halogens is 1. The summed E-state index contributed by atoms with van der Waals surface area (Å²) in [7, 11) is 3.09. The Morgan fingerprint density at radius 3 is 2.52 bits per heavy atom. The van der Waals surface area contributed by atoms with Gasteiger partial charge in [-0.05, 0) is 23.8 Å². The molecule has 0 fully saturated rings. The molecule has 7 heteroatoms. The van der Waals surface area contributed by atoms with Crippen LogP contribution in [0.4, 0.5) is 10.1 Å². The van der Waals surface area contributed by atoms with E-state index in [0.717, 1.165) is 10.9 Å². The summed E-state index contributed by atoms with van der Waals surface area (Å²) < 4.78 is 24.5. The number of fused-ring (bicyclic) bond motifs is 1. The van der Waals surface area contributed by atoms with E-state index in [-0.39, 0.29) is 11.6 Å². The van der Waals surface area contributed by atoms with E-state index in [1.54, 1.807) is 44.7 Å². The second kappa shape index (κ2) is 6.72. The number of amides is 1. The third-order valence-electron chi connectivity index (χ3n) is 3.73. The third-order valence-corrected chi connectivity index (χ3v) is 3.73. The smallest absolute Gasteiger partial charge is 0.221 e. The van der Waals surface area contributed by atoms with E-state index in [4.69, 9.17) is 9.47 Å². The molecule has 0 aliphatic carbocycles. The van der Waals surface area contributed by atoms with Gasteiger partial charge in [-0.3, -0.25) is 4.79 Å². The van der Waals surface area contributed by atoms with Crippen LogP contribution in [0.25, 0.3) is 22.0 Å². The molecule has 1 amide bonds. The molecule has 0 saturated carbocycles. The number of nitrogens with one attached hydrogen (secondary N) is 1. The number of anilines is 1. The summed E-state index contributed by atoms with van der Waals surface area (Å²) in [5.41, 5.74) is 2.14. The fourth-order valence-corrected chi connectivity index (χ4v) is 2.59. The van der Waals surface area contributed by atoms with E-state index in [1.165, 1.54) is 13.0 Å². The molecule has 1 aromatic heterocycles. The first-order chi connectivity index (χ1) is 12.0. The largest absolute Gasteiger partial charge is 0.493 e. The molecule has 0 aliphatic rings. The summed E-state index contributed by atoms with van der Waals surface area (Å²) in [6.45, 7) is 1.33. The molecule has 0 atom stereocenters. The average molecular weight is 341 g/mol. The van der Waals surface area contributed by atoms with Crippen molar-refractivity contribution in [2.75, 3.05) is 19.5 Å². The fourth-order valence-electron chi connectivity index (χ4n) is 2.59. The van der Waals surface area contributed by atoms with Gasteiger partial charge in [0.05, 0.1) is 31.6 Å². The SMILES string of the molecule is COc1cc2nncc(-c3ccc(F)c(NC(C)=O)c3)c2cc1OC. The lowest BCUT2D eigenvalue weighted by Gasteiger charge is -2.12. The zero-order valence-electron chi connectivity index (χ0n) is 14.0. The number of aromatic nitrogens is 2. The Kier molecular flexibility index (Phi) is 4.47. The van der Waals surface area contributed by atoms with Crippen LogP contribution in [0.3, 0.4) is 0 Å². The summed E-state index contributed by atoms with van der Waals surface area (Å²) >= 11 is 0. The van der Waals surface area contributed by atoms with Crippen LogP contribution in [0.15, 0.2) is 36.5 Å². The van der Waals surface area contributed by atoms with Crippen LogP contribution in [0.5, 0.6) is 11.5 Å². The molecule has 0 saturated heterocycles. The molecule has 0 unspecified atom stereocenters. The number of benzene rings is 2. The van der Waals surface area contributed by atoms with Gasteiger partial charge in [0, 0.05) is 23.9 Å².